The lowest BCUT2D eigenvalue weighted by atomic mass is 10.2. The number of aromatic nitrogens is 2. The summed E-state index contributed by atoms with van der Waals surface area (Å²) < 4.78 is 7.34. The van der Waals surface area contributed by atoms with Crippen LogP contribution in [0.2, 0.25) is 0 Å². The molecule has 2 N–H and O–H groups in total. The van der Waals surface area contributed by atoms with Gasteiger partial charge in [-0.1, -0.05) is 12.1 Å². The summed E-state index contributed by atoms with van der Waals surface area (Å²) in [4.78, 5) is 16.8. The molecular formula is C15H20N4O2. The number of hydrogen-bond donors (Lipinski definition) is 2. The molecule has 0 spiro atoms. The van der Waals surface area contributed by atoms with E-state index in [1.807, 2.05) is 42.8 Å². The molecule has 1 aromatic heterocycles. The number of nitrogens with one attached hydrogen (secondary N) is 2. The van der Waals surface area contributed by atoms with E-state index in [9.17, 15) is 4.79 Å². The van der Waals surface area contributed by atoms with Crippen LogP contribution in [-0.2, 0) is 16.6 Å². The molecule has 6 heteroatoms. The van der Waals surface area contributed by atoms with E-state index in [1.54, 1.807) is 0 Å². The molecule has 1 fully saturated rings. The van der Waals surface area contributed by atoms with Crippen molar-refractivity contribution in [2.24, 2.45) is 7.05 Å². The smallest absolute Gasteiger partial charge is 0.240 e. The summed E-state index contributed by atoms with van der Waals surface area (Å²) in [5.74, 6) is 0.801. The molecule has 2 heterocycles. The average Bonchev–Trinajstić information content (AvgIpc) is 2.86. The van der Waals surface area contributed by atoms with E-state index in [0.717, 1.165) is 16.9 Å². The van der Waals surface area contributed by atoms with Gasteiger partial charge in [0.1, 0.15) is 11.9 Å². The maximum absolute atomic E-state index is 12.2. The van der Waals surface area contributed by atoms with E-state index in [1.165, 1.54) is 0 Å². The molecule has 2 atom stereocenters. The van der Waals surface area contributed by atoms with Gasteiger partial charge in [-0.25, -0.2) is 4.98 Å². The van der Waals surface area contributed by atoms with E-state index in [4.69, 9.17) is 4.74 Å². The number of benzene rings is 1. The van der Waals surface area contributed by atoms with Gasteiger partial charge in [0.25, 0.3) is 0 Å². The molecule has 1 aliphatic heterocycles. The number of carbonyl (C=O) groups excluding carboxylic acids is 1. The molecule has 2 aromatic rings. The lowest BCUT2D eigenvalue weighted by molar-refractivity contribution is -0.126. The van der Waals surface area contributed by atoms with Crippen molar-refractivity contribution < 1.29 is 9.53 Å². The molecule has 6 nitrogen and oxygen atoms in total. The van der Waals surface area contributed by atoms with Crippen LogP contribution in [0.5, 0.6) is 0 Å². The molecule has 1 aliphatic rings. The molecule has 0 saturated carbocycles. The van der Waals surface area contributed by atoms with Crippen LogP contribution in [0.15, 0.2) is 24.3 Å². The maximum atomic E-state index is 12.2. The first-order valence-electron chi connectivity index (χ1n) is 7.19. The van der Waals surface area contributed by atoms with Gasteiger partial charge in [0.05, 0.1) is 30.3 Å². The van der Waals surface area contributed by atoms with Crippen molar-refractivity contribution in [2.45, 2.75) is 19.0 Å². The van der Waals surface area contributed by atoms with Gasteiger partial charge in [0.2, 0.25) is 5.91 Å². The third-order valence-electron chi connectivity index (χ3n) is 3.81. The Balaban J connectivity index is 1.75. The van der Waals surface area contributed by atoms with Crippen molar-refractivity contribution in [3.05, 3.63) is 30.1 Å². The standard InChI is InChI=1S/C15H20N4O2/c1-10(17-15(20)12-9-21-8-7-16-12)14-18-11-5-3-4-6-13(11)19(14)2/h3-6,10,12,16H,7-9H2,1-2H3,(H,17,20)/t10-,12+/m0/s1. The number of hydrogen-bond acceptors (Lipinski definition) is 4. The fourth-order valence-corrected chi connectivity index (χ4v) is 2.66. The lowest BCUT2D eigenvalue weighted by Crippen LogP contribution is -2.51. The molecule has 1 aromatic carbocycles. The minimum absolute atomic E-state index is 0.0470. The van der Waals surface area contributed by atoms with Crippen LogP contribution >= 0.6 is 0 Å². The maximum Gasteiger partial charge on any atom is 0.240 e. The monoisotopic (exact) mass is 288 g/mol. The van der Waals surface area contributed by atoms with Gasteiger partial charge in [-0.15, -0.1) is 0 Å². The first-order valence-corrected chi connectivity index (χ1v) is 7.19. The normalized spacial score (nSPS) is 20.4. The highest BCUT2D eigenvalue weighted by molar-refractivity contribution is 5.82. The van der Waals surface area contributed by atoms with Gasteiger partial charge >= 0.3 is 0 Å². The number of amides is 1. The molecule has 3 rings (SSSR count). The summed E-state index contributed by atoms with van der Waals surface area (Å²) in [5.41, 5.74) is 2.00. The van der Waals surface area contributed by atoms with Gasteiger partial charge in [-0.05, 0) is 19.1 Å². The molecular weight excluding hydrogens is 268 g/mol. The largest absolute Gasteiger partial charge is 0.378 e. The Morgan fingerprint density at radius 3 is 3.05 bits per heavy atom. The number of imidazole rings is 1. The summed E-state index contributed by atoms with van der Waals surface area (Å²) in [5, 5.41) is 6.16. The Morgan fingerprint density at radius 1 is 1.52 bits per heavy atom. The van der Waals surface area contributed by atoms with Gasteiger partial charge in [0, 0.05) is 13.6 Å². The Hall–Kier alpha value is -1.92. The summed E-state index contributed by atoms with van der Waals surface area (Å²) >= 11 is 0. The minimum atomic E-state index is -0.282. The number of para-hydroxylation sites is 2. The second-order valence-electron chi connectivity index (χ2n) is 5.33. The second kappa shape index (κ2) is 5.83. The zero-order chi connectivity index (χ0) is 14.8. The zero-order valence-corrected chi connectivity index (χ0v) is 12.3. The number of nitrogens with zero attached hydrogens (tertiary/aromatic N) is 2. The number of carbonyl (C=O) groups is 1. The lowest BCUT2D eigenvalue weighted by Gasteiger charge is -2.24. The second-order valence-corrected chi connectivity index (χ2v) is 5.33. The number of rotatable bonds is 3. The molecule has 0 aliphatic carbocycles. The summed E-state index contributed by atoms with van der Waals surface area (Å²) in [6, 6.07) is 7.52. The Morgan fingerprint density at radius 2 is 2.33 bits per heavy atom. The van der Waals surface area contributed by atoms with Crippen molar-refractivity contribution in [2.75, 3.05) is 19.8 Å². The molecule has 21 heavy (non-hydrogen) atoms. The van der Waals surface area contributed by atoms with Crippen LogP contribution in [0.1, 0.15) is 18.8 Å². The topological polar surface area (TPSA) is 68.2 Å². The number of ether oxygens (including phenoxy) is 1. The Bertz CT molecular complexity index is 646. The summed E-state index contributed by atoms with van der Waals surface area (Å²) in [7, 11) is 1.97. The van der Waals surface area contributed by atoms with Crippen molar-refractivity contribution in [3.8, 4) is 0 Å². The predicted octanol–water partition coefficient (Wildman–Crippen LogP) is 0.739. The van der Waals surface area contributed by atoms with E-state index >= 15 is 0 Å². The van der Waals surface area contributed by atoms with E-state index in [2.05, 4.69) is 15.6 Å². The van der Waals surface area contributed by atoms with Crippen molar-refractivity contribution in [1.29, 1.82) is 0 Å². The van der Waals surface area contributed by atoms with Crippen LogP contribution in [0, 0.1) is 0 Å². The SMILES string of the molecule is C[C@H](NC(=O)[C@H]1COCCN1)c1nc2ccccc2n1C. The fourth-order valence-electron chi connectivity index (χ4n) is 2.66. The average molecular weight is 288 g/mol. The van der Waals surface area contributed by atoms with Gasteiger partial charge in [0.15, 0.2) is 0 Å². The van der Waals surface area contributed by atoms with Crippen LogP contribution in [0.4, 0.5) is 0 Å². The molecule has 0 unspecified atom stereocenters. The molecule has 0 radical (unpaired) electrons. The number of fused-ring (bicyclic) bond motifs is 1. The molecule has 1 saturated heterocycles. The zero-order valence-electron chi connectivity index (χ0n) is 12.3. The van der Waals surface area contributed by atoms with E-state index in [0.29, 0.717) is 19.8 Å². The van der Waals surface area contributed by atoms with Crippen LogP contribution < -0.4 is 10.6 Å². The molecule has 0 bridgehead atoms. The summed E-state index contributed by atoms with van der Waals surface area (Å²) in [6.07, 6.45) is 0. The first kappa shape index (κ1) is 14.0. The molecule has 112 valence electrons. The van der Waals surface area contributed by atoms with Gasteiger partial charge < -0.3 is 19.9 Å². The predicted molar refractivity (Wildman–Crippen MR) is 79.9 cm³/mol. The molecule has 1 amide bonds. The van der Waals surface area contributed by atoms with Crippen LogP contribution in [0.25, 0.3) is 11.0 Å². The highest BCUT2D eigenvalue weighted by Crippen LogP contribution is 2.19. The number of aryl methyl sites for hydroxylation is 1. The van der Waals surface area contributed by atoms with Crippen LogP contribution in [-0.4, -0.2) is 41.3 Å². The quantitative estimate of drug-likeness (QED) is 0.874. The van der Waals surface area contributed by atoms with Gasteiger partial charge in [-0.2, -0.15) is 0 Å². The first-order chi connectivity index (χ1) is 10.2. The summed E-state index contributed by atoms with van der Waals surface area (Å²) in [6.45, 7) is 3.73. The van der Waals surface area contributed by atoms with Crippen molar-refractivity contribution >= 4 is 16.9 Å². The third-order valence-corrected chi connectivity index (χ3v) is 3.81. The van der Waals surface area contributed by atoms with Crippen molar-refractivity contribution in [3.63, 3.8) is 0 Å². The fraction of sp³-hybridized carbons (Fsp3) is 0.467. The Labute approximate surface area is 123 Å². The Kier molecular flexibility index (Phi) is 3.90. The van der Waals surface area contributed by atoms with Crippen molar-refractivity contribution in [1.82, 2.24) is 20.2 Å². The highest BCUT2D eigenvalue weighted by Gasteiger charge is 2.24. The van der Waals surface area contributed by atoms with Gasteiger partial charge in [-0.3, -0.25) is 4.79 Å². The van der Waals surface area contributed by atoms with E-state index < -0.39 is 0 Å². The number of morpholine rings is 1. The van der Waals surface area contributed by atoms with E-state index in [-0.39, 0.29) is 18.0 Å². The minimum Gasteiger partial charge on any atom is -0.378 e. The third kappa shape index (κ3) is 2.77. The van der Waals surface area contributed by atoms with Crippen LogP contribution in [0.3, 0.4) is 0 Å². The highest BCUT2D eigenvalue weighted by atomic mass is 16.5.